The number of anilines is 1. The van der Waals surface area contributed by atoms with Crippen molar-refractivity contribution in [2.24, 2.45) is 5.92 Å². The Kier molecular flexibility index (Phi) is 7.16. The average Bonchev–Trinajstić information content (AvgIpc) is 2.65. The Morgan fingerprint density at radius 3 is 2.45 bits per heavy atom. The molecule has 3 N–H and O–H groups in total. The van der Waals surface area contributed by atoms with Gasteiger partial charge in [-0.15, -0.1) is 0 Å². The lowest BCUT2D eigenvalue weighted by Crippen LogP contribution is -2.34. The molecule has 8 heteroatoms. The van der Waals surface area contributed by atoms with Crippen molar-refractivity contribution >= 4 is 23.5 Å². The highest BCUT2D eigenvalue weighted by Crippen LogP contribution is 2.31. The minimum absolute atomic E-state index is 0.0708. The largest absolute Gasteiger partial charge is 0.507 e. The van der Waals surface area contributed by atoms with Gasteiger partial charge >= 0.3 is 5.97 Å². The third-order valence-corrected chi connectivity index (χ3v) is 4.84. The molecule has 0 amide bonds. The molecule has 158 valence electrons. The zero-order chi connectivity index (χ0) is 21.9. The molecule has 0 aromatic heterocycles. The lowest BCUT2D eigenvalue weighted by molar-refractivity contribution is -0.130. The van der Waals surface area contributed by atoms with E-state index in [1.807, 2.05) is 0 Å². The molecule has 3 unspecified atom stereocenters. The van der Waals surface area contributed by atoms with Gasteiger partial charge in [-0.25, -0.2) is 9.18 Å². The molecule has 0 spiro atoms. The summed E-state index contributed by atoms with van der Waals surface area (Å²) in [5.41, 5.74) is 0.894. The summed E-state index contributed by atoms with van der Waals surface area (Å²) in [6.07, 6.45) is -0.627. The Balaban J connectivity index is 2.56. The van der Waals surface area contributed by atoms with Crippen LogP contribution in [0.4, 0.5) is 10.1 Å². The van der Waals surface area contributed by atoms with E-state index in [0.717, 1.165) is 6.08 Å². The number of cyclic esters (lactones) is 1. The molecule has 0 fully saturated rings. The summed E-state index contributed by atoms with van der Waals surface area (Å²) in [5, 5.41) is 30.4. The predicted octanol–water partition coefficient (Wildman–Crippen LogP) is 2.20. The summed E-state index contributed by atoms with van der Waals surface area (Å²) < 4.78 is 19.5. The first-order valence-corrected chi connectivity index (χ1v) is 9.22. The summed E-state index contributed by atoms with van der Waals surface area (Å²) in [7, 11) is 3.53. The van der Waals surface area contributed by atoms with Crippen molar-refractivity contribution in [3.05, 3.63) is 41.2 Å². The van der Waals surface area contributed by atoms with Crippen LogP contribution >= 0.6 is 0 Å². The average molecular weight is 407 g/mol. The van der Waals surface area contributed by atoms with Crippen LogP contribution in [0.5, 0.6) is 5.75 Å². The van der Waals surface area contributed by atoms with E-state index in [1.54, 1.807) is 25.1 Å². The van der Waals surface area contributed by atoms with Crippen LogP contribution in [0.15, 0.2) is 30.1 Å². The number of carbonyl (C=O) groups excluding carboxylic acids is 2. The van der Waals surface area contributed by atoms with Crippen molar-refractivity contribution in [2.45, 2.75) is 38.6 Å². The quantitative estimate of drug-likeness (QED) is 0.613. The first kappa shape index (κ1) is 22.6. The number of aliphatic hydroxyl groups excluding tert-OH is 2. The number of Topliss-reactive ketones (excluding diaryl/α,β-unsaturated/α-hetero) is 1. The normalized spacial score (nSPS) is 29.1. The van der Waals surface area contributed by atoms with Crippen molar-refractivity contribution in [1.82, 2.24) is 0 Å². The zero-order valence-corrected chi connectivity index (χ0v) is 16.8. The van der Waals surface area contributed by atoms with Crippen LogP contribution in [0, 0.1) is 5.92 Å². The molecule has 0 radical (unpaired) electrons. The smallest absolute Gasteiger partial charge is 0.342 e. The van der Waals surface area contributed by atoms with Gasteiger partial charge in [0.15, 0.2) is 5.83 Å². The van der Waals surface area contributed by atoms with Crippen molar-refractivity contribution < 1.29 is 34.0 Å². The van der Waals surface area contributed by atoms with Crippen LogP contribution in [0.25, 0.3) is 6.08 Å². The summed E-state index contributed by atoms with van der Waals surface area (Å²) in [4.78, 5) is 26.4. The van der Waals surface area contributed by atoms with E-state index >= 15 is 0 Å². The Morgan fingerprint density at radius 2 is 1.83 bits per heavy atom. The van der Waals surface area contributed by atoms with Crippen molar-refractivity contribution in [2.75, 3.05) is 19.0 Å². The highest BCUT2D eigenvalue weighted by Gasteiger charge is 2.29. The van der Waals surface area contributed by atoms with Gasteiger partial charge in [-0.05, 0) is 31.1 Å². The van der Waals surface area contributed by atoms with E-state index < -0.39 is 41.8 Å². The van der Waals surface area contributed by atoms with Crippen molar-refractivity contribution in [3.63, 3.8) is 0 Å². The van der Waals surface area contributed by atoms with Gasteiger partial charge in [-0.2, -0.15) is 0 Å². The molecule has 7 nitrogen and oxygen atoms in total. The minimum Gasteiger partial charge on any atom is -0.507 e. The number of aromatic hydroxyl groups is 1. The number of ether oxygens (including phenoxy) is 1. The highest BCUT2D eigenvalue weighted by atomic mass is 19.1. The molecule has 29 heavy (non-hydrogen) atoms. The first-order valence-electron chi connectivity index (χ1n) is 9.22. The Bertz CT molecular complexity index is 848. The topological polar surface area (TPSA) is 107 Å². The van der Waals surface area contributed by atoms with E-state index in [1.165, 1.54) is 32.1 Å². The van der Waals surface area contributed by atoms with Crippen LogP contribution in [-0.2, 0) is 9.53 Å². The SMILES string of the molecule is CC1OC(=O)c2c(O)cc(N(C)C)cc2/C=C/CC(O)C(O)C(=O)/C(F)=C\[C@H]1C. The number of aliphatic hydroxyl groups is 2. The molecule has 0 bridgehead atoms. The second-order valence-electron chi connectivity index (χ2n) is 7.32. The number of ketones is 1. The standard InChI is InChI=1S/C21H26FNO6/c1-11-8-15(22)19(26)20(27)16(24)7-5-6-13-9-14(23(3)4)10-17(25)18(13)21(28)29-12(11)2/h5-6,8-12,16,20,24-25,27H,7H2,1-4H3/b6-5+,15-8+/t11-,12?,16?,20?/m1/s1. The van der Waals surface area contributed by atoms with Gasteiger partial charge in [0.05, 0.1) is 6.10 Å². The Labute approximate surface area is 168 Å². The van der Waals surface area contributed by atoms with Crippen LogP contribution in [-0.4, -0.2) is 59.5 Å². The number of hydrogen-bond acceptors (Lipinski definition) is 7. The van der Waals surface area contributed by atoms with Gasteiger partial charge in [0.25, 0.3) is 0 Å². The molecule has 2 rings (SSSR count). The van der Waals surface area contributed by atoms with E-state index in [0.29, 0.717) is 11.3 Å². The molecule has 4 atom stereocenters. The van der Waals surface area contributed by atoms with Gasteiger partial charge < -0.3 is 25.0 Å². The molecule has 1 heterocycles. The minimum atomic E-state index is -1.93. The predicted molar refractivity (Wildman–Crippen MR) is 106 cm³/mol. The van der Waals surface area contributed by atoms with E-state index in [9.17, 15) is 29.3 Å². The Hall–Kier alpha value is -2.71. The van der Waals surface area contributed by atoms with Crippen LogP contribution < -0.4 is 4.90 Å². The van der Waals surface area contributed by atoms with Gasteiger partial charge in [0.1, 0.15) is 23.5 Å². The maximum Gasteiger partial charge on any atom is 0.342 e. The van der Waals surface area contributed by atoms with Gasteiger partial charge in [0.2, 0.25) is 5.78 Å². The second kappa shape index (κ2) is 9.19. The first-order chi connectivity index (χ1) is 13.5. The number of phenols is 1. The third-order valence-electron chi connectivity index (χ3n) is 4.84. The number of esters is 1. The molecule has 0 aliphatic carbocycles. The molecule has 1 aromatic carbocycles. The third kappa shape index (κ3) is 5.21. The summed E-state index contributed by atoms with van der Waals surface area (Å²) in [5.74, 6) is -4.24. The molecule has 1 aliphatic rings. The lowest BCUT2D eigenvalue weighted by atomic mass is 9.99. The zero-order valence-electron chi connectivity index (χ0n) is 16.8. The maximum absolute atomic E-state index is 14.2. The number of rotatable bonds is 1. The monoisotopic (exact) mass is 407 g/mol. The second-order valence-corrected chi connectivity index (χ2v) is 7.32. The molecule has 1 aromatic rings. The maximum atomic E-state index is 14.2. The molecular formula is C21H26FNO6. The lowest BCUT2D eigenvalue weighted by Gasteiger charge is -2.21. The molecule has 0 saturated heterocycles. The number of halogens is 1. The molecular weight excluding hydrogens is 381 g/mol. The van der Waals surface area contributed by atoms with Gasteiger partial charge in [0, 0.05) is 31.8 Å². The van der Waals surface area contributed by atoms with Crippen LogP contribution in [0.2, 0.25) is 0 Å². The number of nitrogens with zero attached hydrogens (tertiary/aromatic N) is 1. The highest BCUT2D eigenvalue weighted by molar-refractivity contribution is 5.98. The number of benzene rings is 1. The molecule has 1 aliphatic heterocycles. The van der Waals surface area contributed by atoms with Gasteiger partial charge in [-0.3, -0.25) is 4.79 Å². The van der Waals surface area contributed by atoms with Crippen molar-refractivity contribution in [3.8, 4) is 5.75 Å². The fourth-order valence-electron chi connectivity index (χ4n) is 2.81. The number of fused-ring (bicyclic) bond motifs is 1. The van der Waals surface area contributed by atoms with Crippen LogP contribution in [0.1, 0.15) is 36.2 Å². The summed E-state index contributed by atoms with van der Waals surface area (Å²) in [6.45, 7) is 3.06. The van der Waals surface area contributed by atoms with Crippen molar-refractivity contribution in [1.29, 1.82) is 0 Å². The van der Waals surface area contributed by atoms with E-state index in [4.69, 9.17) is 4.74 Å². The fourth-order valence-corrected chi connectivity index (χ4v) is 2.81. The number of phenolic OH excluding ortho intramolecular Hbond substituents is 1. The number of carbonyl (C=O) groups is 2. The summed E-state index contributed by atoms with van der Waals surface area (Å²) in [6, 6.07) is 3.07. The van der Waals surface area contributed by atoms with E-state index in [-0.39, 0.29) is 17.7 Å². The van der Waals surface area contributed by atoms with E-state index in [2.05, 4.69) is 0 Å². The Morgan fingerprint density at radius 1 is 1.17 bits per heavy atom. The van der Waals surface area contributed by atoms with Gasteiger partial charge in [-0.1, -0.05) is 19.1 Å². The van der Waals surface area contributed by atoms with Crippen LogP contribution in [0.3, 0.4) is 0 Å². The molecule has 0 saturated carbocycles. The summed E-state index contributed by atoms with van der Waals surface area (Å²) >= 11 is 0. The number of hydrogen-bond donors (Lipinski definition) is 3. The fraction of sp³-hybridized carbons (Fsp3) is 0.429.